The third-order valence-corrected chi connectivity index (χ3v) is 4.06. The van der Waals surface area contributed by atoms with Gasteiger partial charge >= 0.3 is 0 Å². The lowest BCUT2D eigenvalue weighted by atomic mass is 10.1. The summed E-state index contributed by atoms with van der Waals surface area (Å²) in [6.45, 7) is 3.25. The molecule has 0 saturated heterocycles. The molecule has 0 atom stereocenters. The van der Waals surface area contributed by atoms with Crippen LogP contribution in [0.25, 0.3) is 0 Å². The molecule has 1 aromatic carbocycles. The summed E-state index contributed by atoms with van der Waals surface area (Å²) in [5.74, 6) is -0.872. The maximum absolute atomic E-state index is 11.6. The predicted octanol–water partition coefficient (Wildman–Crippen LogP) is 2.28. The zero-order valence-corrected chi connectivity index (χ0v) is 12.1. The summed E-state index contributed by atoms with van der Waals surface area (Å²) < 4.78 is 4.16. The van der Waals surface area contributed by atoms with Crippen molar-refractivity contribution in [1.82, 2.24) is 9.69 Å². The number of carbonyl (C=O) groups is 3. The van der Waals surface area contributed by atoms with Gasteiger partial charge in [0.25, 0.3) is 11.8 Å². The molecule has 0 saturated carbocycles. The van der Waals surface area contributed by atoms with Crippen LogP contribution in [0.3, 0.4) is 0 Å². The monoisotopic (exact) mass is 301 g/mol. The molecular formula is C14H11N3O3S. The molecule has 0 radical (unpaired) electrons. The molecule has 2 N–H and O–H groups in total. The van der Waals surface area contributed by atoms with Crippen molar-refractivity contribution >= 4 is 39.8 Å². The number of nitrogens with zero attached hydrogens (tertiary/aromatic N) is 1. The van der Waals surface area contributed by atoms with E-state index in [9.17, 15) is 14.4 Å². The van der Waals surface area contributed by atoms with Gasteiger partial charge in [-0.1, -0.05) is 0 Å². The van der Waals surface area contributed by atoms with Crippen molar-refractivity contribution < 1.29 is 14.4 Å². The molecule has 6 nitrogen and oxygen atoms in total. The van der Waals surface area contributed by atoms with Gasteiger partial charge in [-0.25, -0.2) is 0 Å². The number of carbonyl (C=O) groups excluding carboxylic acids is 3. The Morgan fingerprint density at radius 1 is 1.24 bits per heavy atom. The van der Waals surface area contributed by atoms with E-state index in [4.69, 9.17) is 0 Å². The number of anilines is 2. The summed E-state index contributed by atoms with van der Waals surface area (Å²) in [4.78, 5) is 34.8. The van der Waals surface area contributed by atoms with E-state index >= 15 is 0 Å². The minimum absolute atomic E-state index is 0.0715. The molecule has 0 bridgehead atoms. The van der Waals surface area contributed by atoms with Crippen LogP contribution < -0.4 is 10.6 Å². The molecule has 2 amide bonds. The van der Waals surface area contributed by atoms with E-state index in [2.05, 4.69) is 15.0 Å². The molecule has 1 aliphatic rings. The molecule has 7 heteroatoms. The lowest BCUT2D eigenvalue weighted by Gasteiger charge is -2.06. The molecule has 0 fully saturated rings. The van der Waals surface area contributed by atoms with Crippen molar-refractivity contribution in [2.75, 3.05) is 5.32 Å². The van der Waals surface area contributed by atoms with Crippen LogP contribution in [-0.4, -0.2) is 22.0 Å². The summed E-state index contributed by atoms with van der Waals surface area (Å²) in [6, 6.07) is 4.86. The number of fused-ring (bicyclic) bond motifs is 1. The molecule has 0 unspecified atom stereocenters. The maximum atomic E-state index is 11.6. The number of aryl methyl sites for hydroxylation is 1. The lowest BCUT2D eigenvalue weighted by Crippen LogP contribution is -2.19. The van der Waals surface area contributed by atoms with Gasteiger partial charge in [0.05, 0.1) is 22.4 Å². The largest absolute Gasteiger partial charge is 0.345 e. The quantitative estimate of drug-likeness (QED) is 0.670. The second kappa shape index (κ2) is 4.78. The highest BCUT2D eigenvalue weighted by Crippen LogP contribution is 2.30. The number of benzene rings is 1. The van der Waals surface area contributed by atoms with Gasteiger partial charge < -0.3 is 5.32 Å². The van der Waals surface area contributed by atoms with Gasteiger partial charge in [0.1, 0.15) is 5.00 Å². The first-order valence-electron chi connectivity index (χ1n) is 6.21. The molecule has 0 spiro atoms. The highest BCUT2D eigenvalue weighted by molar-refractivity contribution is 7.10. The van der Waals surface area contributed by atoms with Crippen LogP contribution in [0.4, 0.5) is 10.7 Å². The number of nitrogens with one attached hydrogen (secondary N) is 2. The molecule has 106 valence electrons. The normalized spacial score (nSPS) is 13.0. The Hall–Kier alpha value is -2.54. The average Bonchev–Trinajstić information content (AvgIpc) is 2.91. The van der Waals surface area contributed by atoms with Crippen LogP contribution in [0.5, 0.6) is 0 Å². The van der Waals surface area contributed by atoms with Gasteiger partial charge in [-0.15, -0.1) is 0 Å². The average molecular weight is 301 g/mol. The van der Waals surface area contributed by atoms with Gasteiger partial charge in [-0.3, -0.25) is 19.7 Å². The topological polar surface area (TPSA) is 88.2 Å². The summed E-state index contributed by atoms with van der Waals surface area (Å²) in [5, 5.41) is 5.95. The molecular weight excluding hydrogens is 290 g/mol. The molecule has 2 heterocycles. The van der Waals surface area contributed by atoms with Crippen molar-refractivity contribution in [2.24, 2.45) is 0 Å². The van der Waals surface area contributed by atoms with E-state index in [0.717, 1.165) is 0 Å². The molecule has 1 aliphatic heterocycles. The first-order chi connectivity index (χ1) is 9.97. The number of ketones is 1. The third-order valence-electron chi connectivity index (χ3n) is 3.21. The molecule has 2 aromatic rings. The Kier molecular flexibility index (Phi) is 3.06. The van der Waals surface area contributed by atoms with E-state index in [1.165, 1.54) is 18.5 Å². The Bertz CT molecular complexity index is 795. The summed E-state index contributed by atoms with van der Waals surface area (Å²) in [5.41, 5.74) is 2.53. The fourth-order valence-corrected chi connectivity index (χ4v) is 3.11. The third kappa shape index (κ3) is 2.21. The zero-order chi connectivity index (χ0) is 15.1. The number of aromatic nitrogens is 1. The SMILES string of the molecule is CC(=O)c1c(C)nsc1Nc1ccc2c(c1)C(=O)NC2=O. The van der Waals surface area contributed by atoms with E-state index in [1.54, 1.807) is 25.1 Å². The van der Waals surface area contributed by atoms with Crippen LogP contribution in [0.1, 0.15) is 43.7 Å². The van der Waals surface area contributed by atoms with E-state index in [1.807, 2.05) is 0 Å². The van der Waals surface area contributed by atoms with Crippen molar-refractivity contribution in [3.05, 3.63) is 40.6 Å². The second-order valence-corrected chi connectivity index (χ2v) is 5.47. The first kappa shape index (κ1) is 13.4. The van der Waals surface area contributed by atoms with Gasteiger partial charge in [0.2, 0.25) is 0 Å². The Balaban J connectivity index is 1.97. The summed E-state index contributed by atoms with van der Waals surface area (Å²) in [7, 11) is 0. The van der Waals surface area contributed by atoms with E-state index < -0.39 is 5.91 Å². The Morgan fingerprint density at radius 2 is 1.95 bits per heavy atom. The van der Waals surface area contributed by atoms with Crippen LogP contribution in [0, 0.1) is 6.92 Å². The van der Waals surface area contributed by atoms with Crippen molar-refractivity contribution in [3.8, 4) is 0 Å². The number of imide groups is 1. The number of amides is 2. The predicted molar refractivity (Wildman–Crippen MR) is 78.4 cm³/mol. The van der Waals surface area contributed by atoms with E-state index in [-0.39, 0.29) is 11.7 Å². The van der Waals surface area contributed by atoms with E-state index in [0.29, 0.717) is 33.1 Å². The molecule has 1 aromatic heterocycles. The van der Waals surface area contributed by atoms with Crippen LogP contribution in [0.2, 0.25) is 0 Å². The minimum Gasteiger partial charge on any atom is -0.345 e. The summed E-state index contributed by atoms with van der Waals surface area (Å²) >= 11 is 1.18. The smallest absolute Gasteiger partial charge is 0.259 e. The second-order valence-electron chi connectivity index (χ2n) is 4.70. The fraction of sp³-hybridized carbons (Fsp3) is 0.143. The zero-order valence-electron chi connectivity index (χ0n) is 11.3. The number of hydrogen-bond acceptors (Lipinski definition) is 6. The fourth-order valence-electron chi connectivity index (χ4n) is 2.25. The van der Waals surface area contributed by atoms with Gasteiger partial charge in [0, 0.05) is 5.69 Å². The minimum atomic E-state index is -0.411. The maximum Gasteiger partial charge on any atom is 0.259 e. The Labute approximate surface area is 124 Å². The van der Waals surface area contributed by atoms with Crippen molar-refractivity contribution in [1.29, 1.82) is 0 Å². The van der Waals surface area contributed by atoms with Crippen LogP contribution in [0.15, 0.2) is 18.2 Å². The lowest BCUT2D eigenvalue weighted by molar-refractivity contribution is 0.0878. The first-order valence-corrected chi connectivity index (χ1v) is 6.98. The van der Waals surface area contributed by atoms with Crippen molar-refractivity contribution in [3.63, 3.8) is 0 Å². The van der Waals surface area contributed by atoms with Crippen molar-refractivity contribution in [2.45, 2.75) is 13.8 Å². The number of Topliss-reactive ketones (excluding diaryl/α,β-unsaturated/α-hetero) is 1. The molecule has 21 heavy (non-hydrogen) atoms. The number of hydrogen-bond donors (Lipinski definition) is 2. The van der Waals surface area contributed by atoms with Gasteiger partial charge in [-0.2, -0.15) is 4.37 Å². The van der Waals surface area contributed by atoms with Gasteiger partial charge in [-0.05, 0) is 43.6 Å². The van der Waals surface area contributed by atoms with Gasteiger partial charge in [0.15, 0.2) is 5.78 Å². The van der Waals surface area contributed by atoms with Crippen LogP contribution in [-0.2, 0) is 0 Å². The standard InChI is InChI=1S/C14H11N3O3S/c1-6-11(7(2)18)14(21-17-6)15-8-3-4-9-10(5-8)13(20)16-12(9)19/h3-5,15H,1-2H3,(H,16,19,20). The Morgan fingerprint density at radius 3 is 2.67 bits per heavy atom. The number of rotatable bonds is 3. The highest BCUT2D eigenvalue weighted by atomic mass is 32.1. The molecule has 3 rings (SSSR count). The summed E-state index contributed by atoms with van der Waals surface area (Å²) in [6.07, 6.45) is 0. The molecule has 0 aliphatic carbocycles. The van der Waals surface area contributed by atoms with Crippen LogP contribution >= 0.6 is 11.5 Å². The highest BCUT2D eigenvalue weighted by Gasteiger charge is 2.26.